The van der Waals surface area contributed by atoms with E-state index >= 15 is 0 Å². The van der Waals surface area contributed by atoms with Gasteiger partial charge in [0.15, 0.2) is 11.6 Å². The van der Waals surface area contributed by atoms with Gasteiger partial charge in [-0.15, -0.1) is 13.2 Å². The molecule has 2 aromatic carbocycles. The molecule has 2 aromatic rings. The fourth-order valence-corrected chi connectivity index (χ4v) is 4.21. The molecule has 1 nitrogen and oxygen atoms in total. The van der Waals surface area contributed by atoms with Crippen molar-refractivity contribution >= 4 is 0 Å². The van der Waals surface area contributed by atoms with E-state index in [-0.39, 0.29) is 11.7 Å². The van der Waals surface area contributed by atoms with E-state index < -0.39 is 17.9 Å². The summed E-state index contributed by atoms with van der Waals surface area (Å²) >= 11 is 0. The maximum atomic E-state index is 14.8. The molecular formula is C24H27F5O. The summed E-state index contributed by atoms with van der Waals surface area (Å²) in [5.41, 5.74) is 2.80. The van der Waals surface area contributed by atoms with Gasteiger partial charge in [-0.25, -0.2) is 8.78 Å². The Kier molecular flexibility index (Phi) is 7.37. The third-order valence-corrected chi connectivity index (χ3v) is 5.78. The first kappa shape index (κ1) is 22.6. The van der Waals surface area contributed by atoms with Crippen LogP contribution in [0.4, 0.5) is 22.0 Å². The predicted molar refractivity (Wildman–Crippen MR) is 107 cm³/mol. The van der Waals surface area contributed by atoms with Crippen LogP contribution in [0.2, 0.25) is 0 Å². The second kappa shape index (κ2) is 9.80. The minimum absolute atomic E-state index is 0.120. The van der Waals surface area contributed by atoms with E-state index in [9.17, 15) is 22.0 Å². The Hall–Kier alpha value is -2.11. The smallest absolute Gasteiger partial charge is 0.403 e. The molecule has 0 aliphatic heterocycles. The summed E-state index contributed by atoms with van der Waals surface area (Å²) < 4.78 is 69.8. The number of fused-ring (bicyclic) bond motifs is 1. The number of hydrogen-bond donors (Lipinski definition) is 0. The van der Waals surface area contributed by atoms with Crippen LogP contribution in [0.25, 0.3) is 0 Å². The molecule has 0 radical (unpaired) electrons. The molecule has 0 bridgehead atoms. The highest BCUT2D eigenvalue weighted by molar-refractivity contribution is 5.41. The van der Waals surface area contributed by atoms with Gasteiger partial charge < -0.3 is 4.74 Å². The molecule has 30 heavy (non-hydrogen) atoms. The molecular weight excluding hydrogens is 399 g/mol. The van der Waals surface area contributed by atoms with E-state index in [1.54, 1.807) is 6.07 Å². The lowest BCUT2D eigenvalue weighted by Crippen LogP contribution is -2.19. The maximum Gasteiger partial charge on any atom is 0.573 e. The molecule has 0 amide bonds. The fourth-order valence-electron chi connectivity index (χ4n) is 4.21. The first-order valence-corrected chi connectivity index (χ1v) is 10.6. The van der Waals surface area contributed by atoms with Gasteiger partial charge in [-0.3, -0.25) is 0 Å². The highest BCUT2D eigenvalue weighted by Gasteiger charge is 2.33. The topological polar surface area (TPSA) is 9.23 Å². The zero-order valence-electron chi connectivity index (χ0n) is 17.1. The summed E-state index contributed by atoms with van der Waals surface area (Å²) in [7, 11) is 0. The molecule has 0 N–H and O–H groups in total. The third-order valence-electron chi connectivity index (χ3n) is 5.78. The van der Waals surface area contributed by atoms with Gasteiger partial charge in [0.05, 0.1) is 0 Å². The second-order valence-corrected chi connectivity index (χ2v) is 8.06. The summed E-state index contributed by atoms with van der Waals surface area (Å²) in [6.45, 7) is 2.17. The van der Waals surface area contributed by atoms with E-state index in [1.165, 1.54) is 19.3 Å². The monoisotopic (exact) mass is 426 g/mol. The third kappa shape index (κ3) is 5.96. The SMILES string of the molecule is CCCCCCCc1ccc(C2CCc3cc(OC(F)(F)F)c(F)cc3C2)c(F)c1. The van der Waals surface area contributed by atoms with Crippen LogP contribution in [0.15, 0.2) is 30.3 Å². The average Bonchev–Trinajstić information content (AvgIpc) is 2.67. The molecule has 164 valence electrons. The largest absolute Gasteiger partial charge is 0.573 e. The Morgan fingerprint density at radius 3 is 2.40 bits per heavy atom. The lowest BCUT2D eigenvalue weighted by atomic mass is 9.79. The standard InChI is InChI=1S/C24H27F5O/c1-2-3-4-5-6-7-16-8-11-20(21(25)12-16)18-10-9-17-15-23(30-24(27,28)29)22(26)14-19(17)13-18/h8,11-12,14-15,18H,2-7,9-10,13H2,1H3. The summed E-state index contributed by atoms with van der Waals surface area (Å²) in [4.78, 5) is 0. The van der Waals surface area contributed by atoms with Crippen molar-refractivity contribution < 1.29 is 26.7 Å². The van der Waals surface area contributed by atoms with Crippen LogP contribution < -0.4 is 4.74 Å². The molecule has 0 saturated heterocycles. The Bertz CT molecular complexity index is 859. The van der Waals surface area contributed by atoms with Crippen molar-refractivity contribution in [2.24, 2.45) is 0 Å². The minimum Gasteiger partial charge on any atom is -0.403 e. The number of aryl methyl sites for hydroxylation is 2. The Morgan fingerprint density at radius 2 is 1.70 bits per heavy atom. The van der Waals surface area contributed by atoms with E-state index in [1.807, 2.05) is 12.1 Å². The molecule has 1 aliphatic carbocycles. The molecule has 3 rings (SSSR count). The zero-order valence-corrected chi connectivity index (χ0v) is 17.1. The van der Waals surface area contributed by atoms with Crippen molar-refractivity contribution in [3.63, 3.8) is 0 Å². The van der Waals surface area contributed by atoms with Gasteiger partial charge in [-0.1, -0.05) is 44.7 Å². The number of ether oxygens (including phenoxy) is 1. The van der Waals surface area contributed by atoms with E-state index in [4.69, 9.17) is 0 Å². The first-order valence-electron chi connectivity index (χ1n) is 10.6. The quantitative estimate of drug-likeness (QED) is 0.311. The average molecular weight is 426 g/mol. The Balaban J connectivity index is 1.67. The number of unbranched alkanes of at least 4 members (excludes halogenated alkanes) is 4. The summed E-state index contributed by atoms with van der Waals surface area (Å²) in [6, 6.07) is 7.56. The molecule has 1 aliphatic rings. The molecule has 1 atom stereocenters. The molecule has 0 aromatic heterocycles. The predicted octanol–water partition coefficient (Wildman–Crippen LogP) is 7.65. The summed E-state index contributed by atoms with van der Waals surface area (Å²) in [6.07, 6.45) is 3.14. The Labute approximate surface area is 174 Å². The number of rotatable bonds is 8. The van der Waals surface area contributed by atoms with Crippen molar-refractivity contribution in [1.29, 1.82) is 0 Å². The molecule has 0 spiro atoms. The highest BCUT2D eigenvalue weighted by atomic mass is 19.4. The van der Waals surface area contributed by atoms with Gasteiger partial charge in [0.25, 0.3) is 0 Å². The van der Waals surface area contributed by atoms with Crippen LogP contribution in [-0.2, 0) is 19.3 Å². The lowest BCUT2D eigenvalue weighted by Gasteiger charge is -2.26. The summed E-state index contributed by atoms with van der Waals surface area (Å²) in [5, 5.41) is 0. The second-order valence-electron chi connectivity index (χ2n) is 8.06. The lowest BCUT2D eigenvalue weighted by molar-refractivity contribution is -0.275. The van der Waals surface area contributed by atoms with Gasteiger partial charge in [-0.05, 0) is 78.5 Å². The van der Waals surface area contributed by atoms with Crippen LogP contribution >= 0.6 is 0 Å². The number of alkyl halides is 3. The molecule has 0 saturated carbocycles. The van der Waals surface area contributed by atoms with Gasteiger partial charge in [0.1, 0.15) is 5.82 Å². The van der Waals surface area contributed by atoms with Crippen LogP contribution in [0.1, 0.15) is 73.6 Å². The fraction of sp³-hybridized carbons (Fsp3) is 0.500. The summed E-state index contributed by atoms with van der Waals surface area (Å²) in [5.74, 6) is -2.24. The van der Waals surface area contributed by atoms with Gasteiger partial charge in [0, 0.05) is 0 Å². The molecule has 0 heterocycles. The van der Waals surface area contributed by atoms with Crippen molar-refractivity contribution in [1.82, 2.24) is 0 Å². The van der Waals surface area contributed by atoms with Crippen LogP contribution in [0, 0.1) is 11.6 Å². The van der Waals surface area contributed by atoms with Crippen LogP contribution in [-0.4, -0.2) is 6.36 Å². The number of benzene rings is 2. The van der Waals surface area contributed by atoms with Gasteiger partial charge in [-0.2, -0.15) is 0 Å². The number of halogens is 5. The molecule has 6 heteroatoms. The van der Waals surface area contributed by atoms with E-state index in [0.717, 1.165) is 37.0 Å². The number of hydrogen-bond acceptors (Lipinski definition) is 1. The van der Waals surface area contributed by atoms with E-state index in [0.29, 0.717) is 36.0 Å². The van der Waals surface area contributed by atoms with Crippen molar-refractivity contribution in [2.75, 3.05) is 0 Å². The van der Waals surface area contributed by atoms with Crippen LogP contribution in [0.5, 0.6) is 5.75 Å². The van der Waals surface area contributed by atoms with Crippen molar-refractivity contribution in [3.8, 4) is 5.75 Å². The van der Waals surface area contributed by atoms with Gasteiger partial charge >= 0.3 is 6.36 Å². The van der Waals surface area contributed by atoms with Gasteiger partial charge in [0.2, 0.25) is 0 Å². The zero-order chi connectivity index (χ0) is 21.7. The normalized spacial score (nSPS) is 16.4. The van der Waals surface area contributed by atoms with Crippen LogP contribution in [0.3, 0.4) is 0 Å². The first-order chi connectivity index (χ1) is 14.3. The maximum absolute atomic E-state index is 14.8. The minimum atomic E-state index is -4.94. The van der Waals surface area contributed by atoms with Crippen molar-refractivity contribution in [3.05, 3.63) is 64.2 Å². The highest BCUT2D eigenvalue weighted by Crippen LogP contribution is 2.37. The Morgan fingerprint density at radius 1 is 0.933 bits per heavy atom. The van der Waals surface area contributed by atoms with Crippen molar-refractivity contribution in [2.45, 2.75) is 77.0 Å². The van der Waals surface area contributed by atoms with E-state index in [2.05, 4.69) is 11.7 Å². The molecule has 0 fully saturated rings. The molecule has 1 unspecified atom stereocenters.